The van der Waals surface area contributed by atoms with Gasteiger partial charge in [0, 0.05) is 6.54 Å². The third kappa shape index (κ3) is 2.51. The van der Waals surface area contributed by atoms with Gasteiger partial charge in [-0.3, -0.25) is 0 Å². The number of anilines is 2. The third-order valence-electron chi connectivity index (χ3n) is 3.50. The summed E-state index contributed by atoms with van der Waals surface area (Å²) in [5.41, 5.74) is 6.29. The first-order chi connectivity index (χ1) is 8.08. The van der Waals surface area contributed by atoms with Gasteiger partial charge < -0.3 is 11.1 Å². The number of nitrogens with two attached hydrogens (primary N) is 1. The zero-order valence-electron chi connectivity index (χ0n) is 10.0. The SMILES string of the molecule is CCCC1(CNc2c(N)ccc(F)c2F)CC1. The summed E-state index contributed by atoms with van der Waals surface area (Å²) in [6.07, 6.45) is 4.55. The molecule has 4 heteroatoms. The van der Waals surface area contributed by atoms with E-state index >= 15 is 0 Å². The summed E-state index contributed by atoms with van der Waals surface area (Å²) < 4.78 is 26.6. The lowest BCUT2D eigenvalue weighted by atomic mass is 10.0. The minimum Gasteiger partial charge on any atom is -0.397 e. The highest BCUT2D eigenvalue weighted by Gasteiger charge is 2.41. The standard InChI is InChI=1S/C13H18F2N2/c1-2-5-13(6-7-13)8-17-12-10(16)4-3-9(14)11(12)15/h3-4,17H,2,5-8,16H2,1H3. The average Bonchev–Trinajstić information content (AvgIpc) is 3.05. The van der Waals surface area contributed by atoms with Crippen molar-refractivity contribution in [1.29, 1.82) is 0 Å². The fourth-order valence-electron chi connectivity index (χ4n) is 2.24. The lowest BCUT2D eigenvalue weighted by molar-refractivity contribution is 0.480. The molecule has 94 valence electrons. The predicted molar refractivity (Wildman–Crippen MR) is 65.8 cm³/mol. The molecule has 3 N–H and O–H groups in total. The Morgan fingerprint density at radius 3 is 2.65 bits per heavy atom. The zero-order chi connectivity index (χ0) is 12.5. The van der Waals surface area contributed by atoms with Gasteiger partial charge in [-0.25, -0.2) is 8.78 Å². The van der Waals surface area contributed by atoms with Crippen molar-refractivity contribution in [3.8, 4) is 0 Å². The molecule has 1 aromatic carbocycles. The first-order valence-electron chi connectivity index (χ1n) is 6.05. The largest absolute Gasteiger partial charge is 0.397 e. The Bertz CT molecular complexity index is 414. The maximum absolute atomic E-state index is 13.5. The van der Waals surface area contributed by atoms with Crippen molar-refractivity contribution < 1.29 is 8.78 Å². The topological polar surface area (TPSA) is 38.0 Å². The maximum atomic E-state index is 13.5. The van der Waals surface area contributed by atoms with Gasteiger partial charge in [0.15, 0.2) is 11.6 Å². The molecule has 2 nitrogen and oxygen atoms in total. The Labute approximate surface area is 100 Å². The van der Waals surface area contributed by atoms with Crippen molar-refractivity contribution in [1.82, 2.24) is 0 Å². The smallest absolute Gasteiger partial charge is 0.183 e. The Balaban J connectivity index is 2.07. The van der Waals surface area contributed by atoms with E-state index in [1.165, 1.54) is 6.07 Å². The van der Waals surface area contributed by atoms with Crippen molar-refractivity contribution in [3.05, 3.63) is 23.8 Å². The van der Waals surface area contributed by atoms with Crippen molar-refractivity contribution in [2.24, 2.45) is 5.41 Å². The van der Waals surface area contributed by atoms with E-state index in [-0.39, 0.29) is 16.8 Å². The van der Waals surface area contributed by atoms with Crippen molar-refractivity contribution >= 4 is 11.4 Å². The average molecular weight is 240 g/mol. The van der Waals surface area contributed by atoms with Crippen LogP contribution in [0.1, 0.15) is 32.6 Å². The number of hydrogen-bond acceptors (Lipinski definition) is 2. The summed E-state index contributed by atoms with van der Waals surface area (Å²) in [4.78, 5) is 0. The zero-order valence-corrected chi connectivity index (χ0v) is 10.0. The van der Waals surface area contributed by atoms with E-state index in [0.29, 0.717) is 6.54 Å². The molecule has 0 radical (unpaired) electrons. The van der Waals surface area contributed by atoms with Crippen LogP contribution in [-0.4, -0.2) is 6.54 Å². The Hall–Kier alpha value is -1.32. The first kappa shape index (κ1) is 12.1. The number of rotatable bonds is 5. The molecule has 1 saturated carbocycles. The van der Waals surface area contributed by atoms with E-state index in [2.05, 4.69) is 12.2 Å². The maximum Gasteiger partial charge on any atom is 0.183 e. The highest BCUT2D eigenvalue weighted by atomic mass is 19.2. The van der Waals surface area contributed by atoms with Crippen molar-refractivity contribution in [2.75, 3.05) is 17.6 Å². The van der Waals surface area contributed by atoms with Gasteiger partial charge in [-0.05, 0) is 36.8 Å². The minimum absolute atomic E-state index is 0.104. The van der Waals surface area contributed by atoms with Crippen LogP contribution in [-0.2, 0) is 0 Å². The Morgan fingerprint density at radius 1 is 1.35 bits per heavy atom. The van der Waals surface area contributed by atoms with Crippen LogP contribution in [0.2, 0.25) is 0 Å². The molecular formula is C13H18F2N2. The van der Waals surface area contributed by atoms with Gasteiger partial charge in [0.1, 0.15) is 0 Å². The monoisotopic (exact) mass is 240 g/mol. The van der Waals surface area contributed by atoms with Crippen LogP contribution in [0.25, 0.3) is 0 Å². The number of benzene rings is 1. The van der Waals surface area contributed by atoms with Crippen molar-refractivity contribution in [2.45, 2.75) is 32.6 Å². The second kappa shape index (κ2) is 4.51. The van der Waals surface area contributed by atoms with Crippen LogP contribution in [0.15, 0.2) is 12.1 Å². The molecule has 1 aliphatic carbocycles. The van der Waals surface area contributed by atoms with E-state index in [9.17, 15) is 8.78 Å². The fraction of sp³-hybridized carbons (Fsp3) is 0.538. The van der Waals surface area contributed by atoms with Gasteiger partial charge in [-0.2, -0.15) is 0 Å². The van der Waals surface area contributed by atoms with Crippen LogP contribution in [0, 0.1) is 17.0 Å². The molecule has 1 aromatic rings. The highest BCUT2D eigenvalue weighted by Crippen LogP contribution is 2.49. The number of hydrogen-bond donors (Lipinski definition) is 2. The minimum atomic E-state index is -0.878. The Kier molecular flexibility index (Phi) is 3.22. The molecule has 0 unspecified atom stereocenters. The number of nitrogen functional groups attached to an aromatic ring is 1. The van der Waals surface area contributed by atoms with Gasteiger partial charge >= 0.3 is 0 Å². The summed E-state index contributed by atoms with van der Waals surface area (Å²) in [7, 11) is 0. The molecular weight excluding hydrogens is 222 g/mol. The third-order valence-corrected chi connectivity index (χ3v) is 3.50. The molecule has 0 bridgehead atoms. The Morgan fingerprint density at radius 2 is 2.06 bits per heavy atom. The molecule has 1 aliphatic rings. The normalized spacial score (nSPS) is 16.9. The molecule has 17 heavy (non-hydrogen) atoms. The number of nitrogens with one attached hydrogen (secondary N) is 1. The van der Waals surface area contributed by atoms with Crippen LogP contribution in [0.4, 0.5) is 20.2 Å². The summed E-state index contributed by atoms with van der Waals surface area (Å²) in [5, 5.41) is 2.97. The summed E-state index contributed by atoms with van der Waals surface area (Å²) >= 11 is 0. The van der Waals surface area contributed by atoms with Gasteiger partial charge in [0.25, 0.3) is 0 Å². The van der Waals surface area contributed by atoms with Gasteiger partial charge in [-0.1, -0.05) is 13.3 Å². The molecule has 0 atom stereocenters. The fourth-order valence-corrected chi connectivity index (χ4v) is 2.24. The van der Waals surface area contributed by atoms with E-state index in [4.69, 9.17) is 5.73 Å². The second-order valence-electron chi connectivity index (χ2n) is 4.93. The predicted octanol–water partition coefficient (Wildman–Crippen LogP) is 3.54. The van der Waals surface area contributed by atoms with Gasteiger partial charge in [-0.15, -0.1) is 0 Å². The van der Waals surface area contributed by atoms with Crippen LogP contribution < -0.4 is 11.1 Å². The molecule has 1 fully saturated rings. The summed E-state index contributed by atoms with van der Waals surface area (Å²) in [6, 6.07) is 2.44. The summed E-state index contributed by atoms with van der Waals surface area (Å²) in [6.45, 7) is 2.81. The molecule has 0 spiro atoms. The molecule has 0 saturated heterocycles. The van der Waals surface area contributed by atoms with E-state index in [1.807, 2.05) is 0 Å². The van der Waals surface area contributed by atoms with Crippen LogP contribution in [0.3, 0.4) is 0 Å². The summed E-state index contributed by atoms with van der Waals surface area (Å²) in [5.74, 6) is -1.74. The van der Waals surface area contributed by atoms with Crippen LogP contribution in [0.5, 0.6) is 0 Å². The van der Waals surface area contributed by atoms with Gasteiger partial charge in [0.05, 0.1) is 11.4 Å². The highest BCUT2D eigenvalue weighted by molar-refractivity contribution is 5.66. The van der Waals surface area contributed by atoms with Crippen molar-refractivity contribution in [3.63, 3.8) is 0 Å². The van der Waals surface area contributed by atoms with Gasteiger partial charge in [0.2, 0.25) is 0 Å². The van der Waals surface area contributed by atoms with Crippen LogP contribution >= 0.6 is 0 Å². The molecule has 0 amide bonds. The molecule has 2 rings (SSSR count). The molecule has 0 aromatic heterocycles. The lowest BCUT2D eigenvalue weighted by Gasteiger charge is -2.17. The lowest BCUT2D eigenvalue weighted by Crippen LogP contribution is -2.17. The number of halogens is 2. The molecule has 0 heterocycles. The first-order valence-corrected chi connectivity index (χ1v) is 6.05. The quantitative estimate of drug-likeness (QED) is 0.772. The van der Waals surface area contributed by atoms with E-state index in [1.54, 1.807) is 0 Å². The molecule has 0 aliphatic heterocycles. The second-order valence-corrected chi connectivity index (χ2v) is 4.93. The van der Waals surface area contributed by atoms with E-state index < -0.39 is 11.6 Å². The van der Waals surface area contributed by atoms with E-state index in [0.717, 1.165) is 31.7 Å².